The number of carbonyl (C=O) groups excluding carboxylic acids is 1. The summed E-state index contributed by atoms with van der Waals surface area (Å²) in [5, 5.41) is 2.81. The Kier molecular flexibility index (Phi) is 5.28. The molecule has 0 fully saturated rings. The van der Waals surface area contributed by atoms with Crippen LogP contribution in [0.5, 0.6) is 0 Å². The van der Waals surface area contributed by atoms with Gasteiger partial charge in [-0.25, -0.2) is 14.4 Å². The zero-order chi connectivity index (χ0) is 19.3. The van der Waals surface area contributed by atoms with E-state index in [0.717, 1.165) is 25.1 Å². The minimum Gasteiger partial charge on any atom is -0.350 e. The van der Waals surface area contributed by atoms with Crippen LogP contribution < -0.4 is 10.2 Å². The topological polar surface area (TPSA) is 58.1 Å². The molecule has 0 atom stereocenters. The number of para-hydroxylation sites is 1. The van der Waals surface area contributed by atoms with Crippen molar-refractivity contribution in [2.45, 2.75) is 19.3 Å². The summed E-state index contributed by atoms with van der Waals surface area (Å²) >= 11 is 0. The normalized spacial score (nSPS) is 13.1. The Morgan fingerprint density at radius 3 is 2.82 bits per heavy atom. The van der Waals surface area contributed by atoms with Gasteiger partial charge < -0.3 is 10.2 Å². The highest BCUT2D eigenvalue weighted by atomic mass is 19.1. The van der Waals surface area contributed by atoms with E-state index in [4.69, 9.17) is 0 Å². The first-order chi connectivity index (χ1) is 13.7. The monoisotopic (exact) mass is 376 g/mol. The van der Waals surface area contributed by atoms with Crippen LogP contribution in [-0.4, -0.2) is 29.0 Å². The van der Waals surface area contributed by atoms with Crippen molar-refractivity contribution in [2.75, 3.05) is 18.0 Å². The lowest BCUT2D eigenvalue weighted by Crippen LogP contribution is -2.28. The summed E-state index contributed by atoms with van der Waals surface area (Å²) in [6, 6.07) is 16.5. The van der Waals surface area contributed by atoms with Crippen molar-refractivity contribution in [3.05, 3.63) is 83.6 Å². The van der Waals surface area contributed by atoms with Crippen molar-refractivity contribution in [3.63, 3.8) is 0 Å². The van der Waals surface area contributed by atoms with Crippen molar-refractivity contribution >= 4 is 17.4 Å². The van der Waals surface area contributed by atoms with E-state index in [0.29, 0.717) is 30.0 Å². The molecule has 3 aromatic rings. The number of benzene rings is 2. The Hall–Kier alpha value is -3.28. The molecule has 5 nitrogen and oxygen atoms in total. The summed E-state index contributed by atoms with van der Waals surface area (Å²) in [6.07, 6.45) is 3.92. The van der Waals surface area contributed by atoms with Gasteiger partial charge >= 0.3 is 0 Å². The SMILES string of the molecule is O=C(NCCc1ccccc1F)c1cc(N2CCCc3ccccc32)ncn1. The van der Waals surface area contributed by atoms with Crippen LogP contribution >= 0.6 is 0 Å². The molecule has 1 N–H and O–H groups in total. The summed E-state index contributed by atoms with van der Waals surface area (Å²) in [5.74, 6) is 0.163. The molecule has 2 aromatic carbocycles. The van der Waals surface area contributed by atoms with Crippen LogP contribution in [-0.2, 0) is 12.8 Å². The van der Waals surface area contributed by atoms with Crippen molar-refractivity contribution in [2.24, 2.45) is 0 Å². The van der Waals surface area contributed by atoms with E-state index >= 15 is 0 Å². The Labute approximate surface area is 163 Å². The van der Waals surface area contributed by atoms with E-state index in [1.165, 1.54) is 18.0 Å². The predicted molar refractivity (Wildman–Crippen MR) is 106 cm³/mol. The van der Waals surface area contributed by atoms with Gasteiger partial charge in [-0.1, -0.05) is 36.4 Å². The molecule has 0 saturated carbocycles. The van der Waals surface area contributed by atoms with E-state index in [9.17, 15) is 9.18 Å². The van der Waals surface area contributed by atoms with Crippen molar-refractivity contribution < 1.29 is 9.18 Å². The van der Waals surface area contributed by atoms with Crippen LogP contribution in [0.3, 0.4) is 0 Å². The lowest BCUT2D eigenvalue weighted by Gasteiger charge is -2.30. The molecular formula is C22H21FN4O. The number of carbonyl (C=O) groups is 1. The standard InChI is InChI=1S/C22H21FN4O/c23-18-9-3-1-6-16(18)11-12-24-22(28)19-14-21(26-15-25-19)27-13-5-8-17-7-2-4-10-20(17)27/h1-4,6-7,9-10,14-15H,5,8,11-13H2,(H,24,28). The highest BCUT2D eigenvalue weighted by Gasteiger charge is 2.20. The van der Waals surface area contributed by atoms with Gasteiger partial charge in [0, 0.05) is 24.8 Å². The fourth-order valence-corrected chi connectivity index (χ4v) is 3.49. The Bertz CT molecular complexity index is 992. The maximum absolute atomic E-state index is 13.7. The fraction of sp³-hybridized carbons (Fsp3) is 0.227. The number of halogens is 1. The molecule has 6 heteroatoms. The second-order valence-electron chi connectivity index (χ2n) is 6.74. The molecule has 1 aliphatic rings. The zero-order valence-corrected chi connectivity index (χ0v) is 15.4. The van der Waals surface area contributed by atoms with Crippen molar-refractivity contribution in [3.8, 4) is 0 Å². The number of anilines is 2. The molecule has 142 valence electrons. The molecule has 28 heavy (non-hydrogen) atoms. The maximum atomic E-state index is 13.7. The molecular weight excluding hydrogens is 355 g/mol. The van der Waals surface area contributed by atoms with Gasteiger partial charge in [0.15, 0.2) is 0 Å². The number of fused-ring (bicyclic) bond motifs is 1. The lowest BCUT2D eigenvalue weighted by molar-refractivity contribution is 0.0949. The molecule has 0 radical (unpaired) electrons. The quantitative estimate of drug-likeness (QED) is 0.738. The second-order valence-corrected chi connectivity index (χ2v) is 6.74. The molecule has 4 rings (SSSR count). The Morgan fingerprint density at radius 2 is 1.93 bits per heavy atom. The Morgan fingerprint density at radius 1 is 1.11 bits per heavy atom. The van der Waals surface area contributed by atoms with Gasteiger partial charge in [0.25, 0.3) is 5.91 Å². The van der Waals surface area contributed by atoms with Gasteiger partial charge in [0.2, 0.25) is 0 Å². The molecule has 1 amide bonds. The van der Waals surface area contributed by atoms with Crippen LogP contribution in [0.15, 0.2) is 60.9 Å². The average Bonchev–Trinajstić information content (AvgIpc) is 2.74. The summed E-state index contributed by atoms with van der Waals surface area (Å²) in [5.41, 5.74) is 3.29. The van der Waals surface area contributed by atoms with Gasteiger partial charge in [0.1, 0.15) is 23.7 Å². The van der Waals surface area contributed by atoms with Crippen LogP contribution in [0.2, 0.25) is 0 Å². The second kappa shape index (κ2) is 8.17. The first kappa shape index (κ1) is 18.1. The van der Waals surface area contributed by atoms with E-state index in [1.807, 2.05) is 12.1 Å². The van der Waals surface area contributed by atoms with Crippen LogP contribution in [0.25, 0.3) is 0 Å². The molecule has 1 aromatic heterocycles. The molecule has 2 heterocycles. The van der Waals surface area contributed by atoms with E-state index in [-0.39, 0.29) is 11.7 Å². The van der Waals surface area contributed by atoms with Gasteiger partial charge in [-0.3, -0.25) is 4.79 Å². The number of aryl methyl sites for hydroxylation is 1. The first-order valence-corrected chi connectivity index (χ1v) is 9.41. The third-order valence-electron chi connectivity index (χ3n) is 4.91. The van der Waals surface area contributed by atoms with E-state index in [1.54, 1.807) is 24.3 Å². The number of amides is 1. The first-order valence-electron chi connectivity index (χ1n) is 9.41. The van der Waals surface area contributed by atoms with Crippen molar-refractivity contribution in [1.29, 1.82) is 0 Å². The number of rotatable bonds is 5. The van der Waals surface area contributed by atoms with E-state index in [2.05, 4.69) is 32.3 Å². The molecule has 0 aliphatic carbocycles. The summed E-state index contributed by atoms with van der Waals surface area (Å²) < 4.78 is 13.7. The largest absolute Gasteiger partial charge is 0.350 e. The maximum Gasteiger partial charge on any atom is 0.270 e. The zero-order valence-electron chi connectivity index (χ0n) is 15.4. The van der Waals surface area contributed by atoms with Gasteiger partial charge in [-0.15, -0.1) is 0 Å². The fourth-order valence-electron chi connectivity index (χ4n) is 3.49. The number of hydrogen-bond acceptors (Lipinski definition) is 4. The number of aromatic nitrogens is 2. The minimum atomic E-state index is -0.287. The molecule has 0 spiro atoms. The molecule has 0 bridgehead atoms. The van der Waals surface area contributed by atoms with Crippen LogP contribution in [0.1, 0.15) is 28.0 Å². The number of nitrogens with zero attached hydrogens (tertiary/aromatic N) is 3. The summed E-state index contributed by atoms with van der Waals surface area (Å²) in [7, 11) is 0. The Balaban J connectivity index is 1.45. The van der Waals surface area contributed by atoms with Gasteiger partial charge in [-0.2, -0.15) is 0 Å². The van der Waals surface area contributed by atoms with Crippen LogP contribution in [0, 0.1) is 5.82 Å². The number of nitrogens with one attached hydrogen (secondary N) is 1. The molecule has 0 unspecified atom stereocenters. The minimum absolute atomic E-state index is 0.259. The van der Waals surface area contributed by atoms with Crippen molar-refractivity contribution in [1.82, 2.24) is 15.3 Å². The smallest absolute Gasteiger partial charge is 0.270 e. The summed E-state index contributed by atoms with van der Waals surface area (Å²) in [4.78, 5) is 23.1. The molecule has 0 saturated heterocycles. The highest BCUT2D eigenvalue weighted by Crippen LogP contribution is 2.32. The highest BCUT2D eigenvalue weighted by molar-refractivity contribution is 5.93. The predicted octanol–water partition coefficient (Wildman–Crippen LogP) is 3.67. The van der Waals surface area contributed by atoms with E-state index < -0.39 is 0 Å². The van der Waals surface area contributed by atoms with Gasteiger partial charge in [0.05, 0.1) is 0 Å². The number of hydrogen-bond donors (Lipinski definition) is 1. The average molecular weight is 376 g/mol. The van der Waals surface area contributed by atoms with Gasteiger partial charge in [-0.05, 0) is 42.5 Å². The molecule has 1 aliphatic heterocycles. The summed E-state index contributed by atoms with van der Waals surface area (Å²) in [6.45, 7) is 1.19. The van der Waals surface area contributed by atoms with Crippen LogP contribution in [0.4, 0.5) is 15.9 Å². The third kappa shape index (κ3) is 3.86. The lowest BCUT2D eigenvalue weighted by atomic mass is 10.0. The third-order valence-corrected chi connectivity index (χ3v) is 4.91.